The predicted molar refractivity (Wildman–Crippen MR) is 76.0 cm³/mol. The molecule has 1 aromatic rings. The molecule has 0 saturated heterocycles. The van der Waals surface area contributed by atoms with Gasteiger partial charge < -0.3 is 26.3 Å². The number of carbonyl (C=O) groups is 2. The zero-order valence-corrected chi connectivity index (χ0v) is 15.9. The number of halogens is 1. The van der Waals surface area contributed by atoms with Gasteiger partial charge in [0.1, 0.15) is 0 Å². The molecule has 122 valence electrons. The number of nitrogens with one attached hydrogen (secondary N) is 2. The van der Waals surface area contributed by atoms with Gasteiger partial charge in [0, 0.05) is 17.3 Å². The van der Waals surface area contributed by atoms with Crippen molar-refractivity contribution in [1.82, 2.24) is 5.32 Å². The molecule has 23 heavy (non-hydrogen) atoms. The van der Waals surface area contributed by atoms with E-state index in [1.165, 1.54) is 6.92 Å². The van der Waals surface area contributed by atoms with Gasteiger partial charge in [0.25, 0.3) is 10.1 Å². The summed E-state index contributed by atoms with van der Waals surface area (Å²) in [6, 6.07) is -0.182. The molecule has 1 aromatic carbocycles. The van der Waals surface area contributed by atoms with E-state index in [1.807, 2.05) is 0 Å². The van der Waals surface area contributed by atoms with Crippen molar-refractivity contribution in [1.29, 1.82) is 0 Å². The van der Waals surface area contributed by atoms with Gasteiger partial charge in [0.05, 0.1) is 16.9 Å². The zero-order chi connectivity index (χ0) is 17.1. The summed E-state index contributed by atoms with van der Waals surface area (Å²) in [5, 5.41) is 14.9. The minimum Gasteiger partial charge on any atom is -0.548 e. The smallest absolute Gasteiger partial charge is 0.548 e. The van der Waals surface area contributed by atoms with Crippen LogP contribution in [0, 0.1) is 6.92 Å². The molecule has 0 heterocycles. The average Bonchev–Trinajstić information content (AvgIpc) is 2.39. The second-order valence-electron chi connectivity index (χ2n) is 4.31. The molecular weight excluding hydrogens is 361 g/mol. The molecule has 0 spiro atoms. The van der Waals surface area contributed by atoms with Crippen LogP contribution in [0.15, 0.2) is 17.0 Å². The molecular formula is C11H13ClN3NaO6S. The van der Waals surface area contributed by atoms with E-state index in [0.717, 1.165) is 12.1 Å². The van der Waals surface area contributed by atoms with Gasteiger partial charge in [-0.1, -0.05) is 11.6 Å². The minimum absolute atomic E-state index is 0. The zero-order valence-electron chi connectivity index (χ0n) is 12.3. The maximum atomic E-state index is 11.6. The minimum atomic E-state index is -4.50. The first-order valence-corrected chi connectivity index (χ1v) is 7.63. The van der Waals surface area contributed by atoms with Crippen LogP contribution in [0.4, 0.5) is 10.5 Å². The number of anilines is 1. The van der Waals surface area contributed by atoms with Gasteiger partial charge >= 0.3 is 35.6 Å². The van der Waals surface area contributed by atoms with Crippen molar-refractivity contribution in [2.75, 3.05) is 11.9 Å². The Morgan fingerprint density at radius 3 is 2.48 bits per heavy atom. The number of nitrogens with two attached hydrogens (primary N) is 1. The molecule has 1 rings (SSSR count). The van der Waals surface area contributed by atoms with Crippen molar-refractivity contribution in [2.45, 2.75) is 17.9 Å². The number of carbonyl (C=O) groups excluding carboxylic acids is 2. The van der Waals surface area contributed by atoms with E-state index >= 15 is 0 Å². The Morgan fingerprint density at radius 2 is 2.00 bits per heavy atom. The Hall–Kier alpha value is -0.880. The Bertz CT molecular complexity index is 712. The molecule has 0 radical (unpaired) electrons. The van der Waals surface area contributed by atoms with Gasteiger partial charge in [-0.15, -0.1) is 0 Å². The summed E-state index contributed by atoms with van der Waals surface area (Å²) in [5.74, 6) is -1.53. The molecule has 2 amide bonds. The van der Waals surface area contributed by atoms with E-state index in [1.54, 1.807) is 0 Å². The Morgan fingerprint density at radius 1 is 1.43 bits per heavy atom. The second-order valence-corrected chi connectivity index (χ2v) is 6.14. The maximum absolute atomic E-state index is 11.6. The molecule has 0 bridgehead atoms. The number of amides is 2. The summed E-state index contributed by atoms with van der Waals surface area (Å²) in [4.78, 5) is 21.5. The van der Waals surface area contributed by atoms with Crippen LogP contribution in [0.25, 0.3) is 0 Å². The number of carboxylic acid groups (broad SMARTS) is 1. The summed E-state index contributed by atoms with van der Waals surface area (Å²) < 4.78 is 31.2. The molecule has 0 aliphatic rings. The SMILES string of the molecule is Cc1c(Cl)cc(S(=O)(=O)O)cc1NC(=O)NC[C@H](N)C(=O)[O-].[Na+]. The number of aliphatic carboxylic acids is 1. The first-order chi connectivity index (χ1) is 10.0. The summed E-state index contributed by atoms with van der Waals surface area (Å²) >= 11 is 5.82. The number of carboxylic acids is 1. The fourth-order valence-electron chi connectivity index (χ4n) is 1.39. The molecule has 0 aliphatic carbocycles. The molecule has 0 aromatic heterocycles. The Labute approximate surface area is 159 Å². The average molecular weight is 374 g/mol. The normalized spacial score (nSPS) is 12.0. The number of hydrogen-bond acceptors (Lipinski definition) is 6. The van der Waals surface area contributed by atoms with Crippen LogP contribution in [0.1, 0.15) is 5.56 Å². The van der Waals surface area contributed by atoms with Crippen LogP contribution in [0.5, 0.6) is 0 Å². The predicted octanol–water partition coefficient (Wildman–Crippen LogP) is -3.90. The van der Waals surface area contributed by atoms with Gasteiger partial charge in [0.15, 0.2) is 0 Å². The van der Waals surface area contributed by atoms with Crippen molar-refractivity contribution < 1.29 is 57.2 Å². The van der Waals surface area contributed by atoms with E-state index in [9.17, 15) is 23.1 Å². The van der Waals surface area contributed by atoms with E-state index in [0.29, 0.717) is 5.56 Å². The van der Waals surface area contributed by atoms with Crippen molar-refractivity contribution in [3.8, 4) is 0 Å². The molecule has 0 aliphatic heterocycles. The van der Waals surface area contributed by atoms with Crippen LogP contribution in [0.2, 0.25) is 5.02 Å². The van der Waals surface area contributed by atoms with Gasteiger partial charge in [0.2, 0.25) is 0 Å². The van der Waals surface area contributed by atoms with Crippen LogP contribution >= 0.6 is 11.6 Å². The largest absolute Gasteiger partial charge is 1.00 e. The standard InChI is InChI=1S/C11H14ClN3O6S.Na/c1-5-7(12)2-6(22(19,20)21)3-9(5)15-11(18)14-4-8(13)10(16)17;/h2-3,8H,4,13H2,1H3,(H,16,17)(H2,14,15,18)(H,19,20,21);/q;+1/p-1/t8-;/m0./s1. The number of urea groups is 1. The maximum Gasteiger partial charge on any atom is 1.00 e. The van der Waals surface area contributed by atoms with Crippen LogP contribution < -0.4 is 51.0 Å². The quantitative estimate of drug-likeness (QED) is 0.303. The number of hydrogen-bond donors (Lipinski definition) is 4. The van der Waals surface area contributed by atoms with Crippen molar-refractivity contribution in [2.24, 2.45) is 5.73 Å². The van der Waals surface area contributed by atoms with Crippen molar-refractivity contribution in [3.63, 3.8) is 0 Å². The summed E-state index contributed by atoms with van der Waals surface area (Å²) in [7, 11) is -4.50. The monoisotopic (exact) mass is 373 g/mol. The number of benzene rings is 1. The third kappa shape index (κ3) is 6.63. The van der Waals surface area contributed by atoms with Crippen LogP contribution in [-0.2, 0) is 14.9 Å². The van der Waals surface area contributed by atoms with Gasteiger partial charge in [-0.25, -0.2) is 4.79 Å². The molecule has 1 atom stereocenters. The summed E-state index contributed by atoms with van der Waals surface area (Å²) in [5.41, 5.74) is 5.54. The van der Waals surface area contributed by atoms with Gasteiger partial charge in [-0.3, -0.25) is 4.55 Å². The topological polar surface area (TPSA) is 162 Å². The summed E-state index contributed by atoms with van der Waals surface area (Å²) in [6.07, 6.45) is 0. The van der Waals surface area contributed by atoms with Crippen molar-refractivity contribution in [3.05, 3.63) is 22.7 Å². The first kappa shape index (κ1) is 22.1. The third-order valence-electron chi connectivity index (χ3n) is 2.65. The summed E-state index contributed by atoms with van der Waals surface area (Å²) in [6.45, 7) is 1.12. The first-order valence-electron chi connectivity index (χ1n) is 5.81. The fraction of sp³-hybridized carbons (Fsp3) is 0.273. The van der Waals surface area contributed by atoms with Gasteiger partial charge in [-0.2, -0.15) is 8.42 Å². The second kappa shape index (κ2) is 8.83. The van der Waals surface area contributed by atoms with E-state index in [2.05, 4.69) is 10.6 Å². The van der Waals surface area contributed by atoms with Crippen LogP contribution in [-0.4, -0.2) is 37.6 Å². The Balaban J connectivity index is 0.00000484. The van der Waals surface area contributed by atoms with E-state index in [4.69, 9.17) is 21.9 Å². The molecule has 5 N–H and O–H groups in total. The van der Waals surface area contributed by atoms with E-state index < -0.39 is 33.1 Å². The van der Waals surface area contributed by atoms with E-state index in [-0.39, 0.29) is 46.8 Å². The molecule has 0 unspecified atom stereocenters. The molecule has 0 saturated carbocycles. The number of rotatable bonds is 5. The molecule has 12 heteroatoms. The third-order valence-corrected chi connectivity index (χ3v) is 3.87. The molecule has 0 fully saturated rings. The van der Waals surface area contributed by atoms with Gasteiger partial charge in [-0.05, 0) is 24.6 Å². The molecule has 9 nitrogen and oxygen atoms in total. The fourth-order valence-corrected chi connectivity index (χ4v) is 2.20. The Kier molecular flexibility index (Phi) is 8.49. The van der Waals surface area contributed by atoms with Crippen molar-refractivity contribution >= 4 is 39.4 Å². The van der Waals surface area contributed by atoms with Crippen LogP contribution in [0.3, 0.4) is 0 Å².